The Bertz CT molecular complexity index is 827. The molecule has 0 atom stereocenters. The third-order valence-electron chi connectivity index (χ3n) is 3.02. The number of hydrogen-bond acceptors (Lipinski definition) is 4. The smallest absolute Gasteiger partial charge is 0.269 e. The van der Waals surface area contributed by atoms with Gasteiger partial charge in [-0.1, -0.05) is 22.0 Å². The zero-order valence-corrected chi connectivity index (χ0v) is 14.6. The molecule has 0 saturated heterocycles. The quantitative estimate of drug-likeness (QED) is 0.790. The van der Waals surface area contributed by atoms with Gasteiger partial charge in [-0.2, -0.15) is 0 Å². The normalized spacial score (nSPS) is 11.5. The summed E-state index contributed by atoms with van der Waals surface area (Å²) >= 11 is 3.23. The first kappa shape index (κ1) is 16.7. The number of rotatable bonds is 4. The van der Waals surface area contributed by atoms with Crippen LogP contribution >= 0.6 is 15.9 Å². The van der Waals surface area contributed by atoms with Crippen LogP contribution in [0.15, 0.2) is 38.1 Å². The standard InChI is InChI=1S/C14H15BrN2O4S/c1-8-4-5-11(15)7-13(8)22(19,20)17-16-14(18)12-6-9(2)21-10(12)3/h4-7,17H,1-3H3,(H,16,18). The predicted octanol–water partition coefficient (Wildman–Crippen LogP) is 2.59. The number of hydrogen-bond donors (Lipinski definition) is 2. The number of amides is 1. The molecule has 8 heteroatoms. The Morgan fingerprint density at radius 3 is 2.45 bits per heavy atom. The number of halogens is 1. The molecule has 2 rings (SSSR count). The fourth-order valence-corrected chi connectivity index (χ4v) is 3.58. The maximum atomic E-state index is 12.3. The molecule has 0 radical (unpaired) electrons. The highest BCUT2D eigenvalue weighted by Crippen LogP contribution is 2.20. The van der Waals surface area contributed by atoms with Gasteiger partial charge in [-0.3, -0.25) is 10.2 Å². The van der Waals surface area contributed by atoms with Crippen molar-refractivity contribution < 1.29 is 17.6 Å². The summed E-state index contributed by atoms with van der Waals surface area (Å²) < 4.78 is 30.4. The molecule has 1 aromatic heterocycles. The lowest BCUT2D eigenvalue weighted by molar-refractivity contribution is 0.0943. The first-order chi connectivity index (χ1) is 10.2. The Labute approximate surface area is 137 Å². The third kappa shape index (κ3) is 3.57. The Balaban J connectivity index is 2.18. The van der Waals surface area contributed by atoms with Crippen LogP contribution < -0.4 is 10.3 Å². The fourth-order valence-electron chi connectivity index (χ4n) is 1.96. The monoisotopic (exact) mass is 386 g/mol. The van der Waals surface area contributed by atoms with Crippen molar-refractivity contribution >= 4 is 31.9 Å². The second kappa shape index (κ2) is 6.23. The fraction of sp³-hybridized carbons (Fsp3) is 0.214. The maximum Gasteiger partial charge on any atom is 0.269 e. The Hall–Kier alpha value is -1.64. The molecule has 0 bridgehead atoms. The number of carbonyl (C=O) groups is 1. The minimum absolute atomic E-state index is 0.0854. The average Bonchev–Trinajstić information content (AvgIpc) is 2.78. The second-order valence-electron chi connectivity index (χ2n) is 4.80. The van der Waals surface area contributed by atoms with E-state index in [0.29, 0.717) is 21.6 Å². The van der Waals surface area contributed by atoms with Crippen molar-refractivity contribution in [1.29, 1.82) is 0 Å². The van der Waals surface area contributed by atoms with E-state index in [1.54, 1.807) is 39.0 Å². The molecule has 118 valence electrons. The zero-order chi connectivity index (χ0) is 16.5. The van der Waals surface area contributed by atoms with E-state index in [1.807, 2.05) is 0 Å². The Morgan fingerprint density at radius 2 is 1.86 bits per heavy atom. The van der Waals surface area contributed by atoms with Crippen molar-refractivity contribution in [3.05, 3.63) is 51.4 Å². The molecular weight excluding hydrogens is 372 g/mol. The largest absolute Gasteiger partial charge is 0.466 e. The van der Waals surface area contributed by atoms with Crippen molar-refractivity contribution in [3.63, 3.8) is 0 Å². The van der Waals surface area contributed by atoms with E-state index in [-0.39, 0.29) is 10.5 Å². The topological polar surface area (TPSA) is 88.4 Å². The van der Waals surface area contributed by atoms with E-state index in [0.717, 1.165) is 0 Å². The summed E-state index contributed by atoms with van der Waals surface area (Å²) in [6, 6.07) is 6.43. The Morgan fingerprint density at radius 1 is 1.18 bits per heavy atom. The van der Waals surface area contributed by atoms with Crippen molar-refractivity contribution in [1.82, 2.24) is 10.3 Å². The summed E-state index contributed by atoms with van der Waals surface area (Å²) in [5.41, 5.74) is 3.04. The van der Waals surface area contributed by atoms with Crippen LogP contribution in [-0.4, -0.2) is 14.3 Å². The highest BCUT2D eigenvalue weighted by molar-refractivity contribution is 9.10. The minimum atomic E-state index is -3.87. The van der Waals surface area contributed by atoms with E-state index >= 15 is 0 Å². The van der Waals surface area contributed by atoms with Crippen LogP contribution in [0.5, 0.6) is 0 Å². The first-order valence-corrected chi connectivity index (χ1v) is 8.63. The molecule has 2 aromatic rings. The number of sulfonamides is 1. The van der Waals surface area contributed by atoms with Crippen LogP contribution in [0.1, 0.15) is 27.4 Å². The van der Waals surface area contributed by atoms with E-state index in [2.05, 4.69) is 26.2 Å². The highest BCUT2D eigenvalue weighted by atomic mass is 79.9. The van der Waals surface area contributed by atoms with Gasteiger partial charge < -0.3 is 4.42 Å². The van der Waals surface area contributed by atoms with Gasteiger partial charge in [-0.15, -0.1) is 4.83 Å². The van der Waals surface area contributed by atoms with Gasteiger partial charge in [-0.05, 0) is 44.5 Å². The molecule has 1 amide bonds. The molecule has 1 aromatic carbocycles. The van der Waals surface area contributed by atoms with Crippen molar-refractivity contribution in [3.8, 4) is 0 Å². The van der Waals surface area contributed by atoms with Gasteiger partial charge in [0.1, 0.15) is 11.5 Å². The highest BCUT2D eigenvalue weighted by Gasteiger charge is 2.20. The van der Waals surface area contributed by atoms with Gasteiger partial charge in [-0.25, -0.2) is 8.42 Å². The summed E-state index contributed by atoms with van der Waals surface area (Å²) in [5, 5.41) is 0. The predicted molar refractivity (Wildman–Crippen MR) is 84.8 cm³/mol. The van der Waals surface area contributed by atoms with E-state index in [4.69, 9.17) is 4.42 Å². The summed E-state index contributed by atoms with van der Waals surface area (Å²) in [5.74, 6) is 0.423. The van der Waals surface area contributed by atoms with Crippen LogP contribution in [0.25, 0.3) is 0 Å². The summed E-state index contributed by atoms with van der Waals surface area (Å²) in [6.07, 6.45) is 0. The molecule has 0 aliphatic heterocycles. The number of carbonyl (C=O) groups excluding carboxylic acids is 1. The molecule has 22 heavy (non-hydrogen) atoms. The summed E-state index contributed by atoms with van der Waals surface area (Å²) in [7, 11) is -3.87. The number of furan rings is 1. The molecule has 0 unspecified atom stereocenters. The van der Waals surface area contributed by atoms with Crippen LogP contribution in [0, 0.1) is 20.8 Å². The molecule has 0 fully saturated rings. The molecule has 0 aliphatic rings. The molecule has 0 saturated carbocycles. The van der Waals surface area contributed by atoms with Gasteiger partial charge in [0.25, 0.3) is 15.9 Å². The van der Waals surface area contributed by atoms with Crippen LogP contribution in [0.3, 0.4) is 0 Å². The van der Waals surface area contributed by atoms with Gasteiger partial charge in [0.15, 0.2) is 0 Å². The van der Waals surface area contributed by atoms with E-state index < -0.39 is 15.9 Å². The lowest BCUT2D eigenvalue weighted by Gasteiger charge is -2.10. The third-order valence-corrected chi connectivity index (χ3v) is 4.91. The molecular formula is C14H15BrN2O4S. The Kier molecular flexibility index (Phi) is 4.74. The second-order valence-corrected chi connectivity index (χ2v) is 7.36. The molecule has 0 aliphatic carbocycles. The number of hydrazine groups is 1. The lowest BCUT2D eigenvalue weighted by Crippen LogP contribution is -2.41. The van der Waals surface area contributed by atoms with Crippen molar-refractivity contribution in [2.45, 2.75) is 25.7 Å². The zero-order valence-electron chi connectivity index (χ0n) is 12.2. The molecule has 2 N–H and O–H groups in total. The van der Waals surface area contributed by atoms with Gasteiger partial charge >= 0.3 is 0 Å². The number of benzene rings is 1. The first-order valence-electron chi connectivity index (χ1n) is 6.36. The van der Waals surface area contributed by atoms with Crippen LogP contribution in [-0.2, 0) is 10.0 Å². The maximum absolute atomic E-state index is 12.3. The van der Waals surface area contributed by atoms with Crippen LogP contribution in [0.4, 0.5) is 0 Å². The molecule has 1 heterocycles. The minimum Gasteiger partial charge on any atom is -0.466 e. The molecule has 6 nitrogen and oxygen atoms in total. The van der Waals surface area contributed by atoms with Crippen molar-refractivity contribution in [2.24, 2.45) is 0 Å². The summed E-state index contributed by atoms with van der Waals surface area (Å²) in [6.45, 7) is 5.01. The van der Waals surface area contributed by atoms with E-state index in [9.17, 15) is 13.2 Å². The molecule has 0 spiro atoms. The lowest BCUT2D eigenvalue weighted by atomic mass is 10.2. The number of nitrogens with one attached hydrogen (secondary N) is 2. The summed E-state index contributed by atoms with van der Waals surface area (Å²) in [4.78, 5) is 14.2. The van der Waals surface area contributed by atoms with E-state index in [1.165, 1.54) is 6.07 Å². The van der Waals surface area contributed by atoms with Gasteiger partial charge in [0, 0.05) is 4.47 Å². The van der Waals surface area contributed by atoms with Crippen LogP contribution in [0.2, 0.25) is 0 Å². The number of aryl methyl sites for hydroxylation is 3. The van der Waals surface area contributed by atoms with Crippen molar-refractivity contribution in [2.75, 3.05) is 0 Å². The SMILES string of the molecule is Cc1cc(C(=O)NNS(=O)(=O)c2cc(Br)ccc2C)c(C)o1. The van der Waals surface area contributed by atoms with Gasteiger partial charge in [0.2, 0.25) is 0 Å². The van der Waals surface area contributed by atoms with Gasteiger partial charge in [0.05, 0.1) is 10.5 Å². The average molecular weight is 387 g/mol.